The number of fused-ring (bicyclic) bond motifs is 1. The van der Waals surface area contributed by atoms with Gasteiger partial charge in [0.1, 0.15) is 11.2 Å². The third-order valence-corrected chi connectivity index (χ3v) is 5.92. The Morgan fingerprint density at radius 3 is 2.76 bits per heavy atom. The molecule has 0 atom stereocenters. The lowest BCUT2D eigenvalue weighted by molar-refractivity contribution is 0.234. The topological polar surface area (TPSA) is 71.2 Å². The Hall–Kier alpha value is -3.83. The zero-order valence-corrected chi connectivity index (χ0v) is 18.9. The van der Waals surface area contributed by atoms with Crippen LogP contribution in [0.15, 0.2) is 55.1 Å². The molecule has 0 amide bonds. The first kappa shape index (κ1) is 22.0. The minimum absolute atomic E-state index is 0.294. The maximum absolute atomic E-state index is 14.4. The Morgan fingerprint density at radius 2 is 1.94 bits per heavy atom. The lowest BCUT2D eigenvalue weighted by Crippen LogP contribution is -2.30. The number of hydrogen-bond acceptors (Lipinski definition) is 6. The molecule has 4 aromatic heterocycles. The fourth-order valence-electron chi connectivity index (χ4n) is 4.17. The van der Waals surface area contributed by atoms with Crippen molar-refractivity contribution in [2.24, 2.45) is 0 Å². The number of nitrogens with zero attached hydrogens (tertiary/aromatic N) is 6. The van der Waals surface area contributed by atoms with Crippen molar-refractivity contribution >= 4 is 17.0 Å². The Balaban J connectivity index is 1.43. The molecular weight excluding hydrogens is 429 g/mol. The van der Waals surface area contributed by atoms with Gasteiger partial charge in [0.2, 0.25) is 5.82 Å². The number of likely N-dealkylation sites (tertiary alicyclic amines) is 1. The van der Waals surface area contributed by atoms with E-state index in [-0.39, 0.29) is 0 Å². The average Bonchev–Trinajstić information content (AvgIpc) is 3.29. The maximum Gasteiger partial charge on any atom is 0.200 e. The first-order valence-corrected chi connectivity index (χ1v) is 11.6. The number of piperidine rings is 1. The number of hydrogen-bond donors (Lipinski definition) is 1. The summed E-state index contributed by atoms with van der Waals surface area (Å²) in [5, 5.41) is 7.77. The van der Waals surface area contributed by atoms with Crippen molar-refractivity contribution in [2.75, 3.05) is 25.0 Å². The van der Waals surface area contributed by atoms with Crippen molar-refractivity contribution in [1.82, 2.24) is 29.5 Å². The molecule has 0 saturated carbocycles. The standard InChI is InChI=1S/C26H26FN7/c27-21-19-28-14-11-22(21)30-26-24-20(9-3-1-6-15-33-16-7-2-8-17-33)12-18-34(24)32-25(31-26)23-10-4-5-13-29-23/h4-5,10-14,18-19H,2,6-9,15-17H2,(H,28,30,31,32). The molecule has 4 aromatic rings. The largest absolute Gasteiger partial charge is 0.336 e. The minimum atomic E-state index is -0.454. The molecule has 1 aliphatic rings. The summed E-state index contributed by atoms with van der Waals surface area (Å²) in [7, 11) is 0. The molecule has 0 bridgehead atoms. The Labute approximate surface area is 198 Å². The Kier molecular flexibility index (Phi) is 6.73. The van der Waals surface area contributed by atoms with Crippen LogP contribution in [0.5, 0.6) is 0 Å². The molecule has 0 radical (unpaired) electrons. The minimum Gasteiger partial charge on any atom is -0.336 e. The molecule has 0 aromatic carbocycles. The summed E-state index contributed by atoms with van der Waals surface area (Å²) in [6, 6.07) is 9.13. The summed E-state index contributed by atoms with van der Waals surface area (Å²) in [6.07, 6.45) is 11.6. The highest BCUT2D eigenvalue weighted by Gasteiger charge is 2.16. The van der Waals surface area contributed by atoms with E-state index in [4.69, 9.17) is 4.98 Å². The zero-order valence-electron chi connectivity index (χ0n) is 18.9. The lowest BCUT2D eigenvalue weighted by atomic mass is 10.1. The average molecular weight is 456 g/mol. The van der Waals surface area contributed by atoms with Crippen LogP contribution in [0.2, 0.25) is 0 Å². The van der Waals surface area contributed by atoms with Crippen LogP contribution in [-0.2, 0) is 6.42 Å². The molecule has 1 saturated heterocycles. The third-order valence-electron chi connectivity index (χ3n) is 5.92. The molecule has 5 rings (SSSR count). The second kappa shape index (κ2) is 10.4. The molecule has 172 valence electrons. The quantitative estimate of drug-likeness (QED) is 0.432. The van der Waals surface area contributed by atoms with Gasteiger partial charge in [0, 0.05) is 38.0 Å². The van der Waals surface area contributed by atoms with Gasteiger partial charge in [-0.05, 0) is 55.8 Å². The van der Waals surface area contributed by atoms with Gasteiger partial charge in [0.05, 0.1) is 11.9 Å². The van der Waals surface area contributed by atoms with Crippen LogP contribution in [0.1, 0.15) is 31.2 Å². The second-order valence-electron chi connectivity index (χ2n) is 8.30. The first-order valence-electron chi connectivity index (χ1n) is 11.6. The molecule has 7 nitrogen and oxygen atoms in total. The molecule has 8 heteroatoms. The van der Waals surface area contributed by atoms with Crippen LogP contribution in [0.25, 0.3) is 17.0 Å². The molecule has 5 heterocycles. The number of pyridine rings is 2. The van der Waals surface area contributed by atoms with Crippen molar-refractivity contribution in [1.29, 1.82) is 0 Å². The van der Waals surface area contributed by atoms with Crippen LogP contribution in [0.4, 0.5) is 15.9 Å². The van der Waals surface area contributed by atoms with Crippen molar-refractivity contribution in [3.8, 4) is 23.4 Å². The van der Waals surface area contributed by atoms with Crippen LogP contribution < -0.4 is 5.32 Å². The van der Waals surface area contributed by atoms with Gasteiger partial charge in [-0.2, -0.15) is 0 Å². The number of nitrogens with one attached hydrogen (secondary N) is 1. The Bertz CT molecular complexity index is 1320. The second-order valence-corrected chi connectivity index (χ2v) is 8.30. The van der Waals surface area contributed by atoms with E-state index in [1.54, 1.807) is 16.8 Å². The smallest absolute Gasteiger partial charge is 0.200 e. The predicted molar refractivity (Wildman–Crippen MR) is 130 cm³/mol. The lowest BCUT2D eigenvalue weighted by Gasteiger charge is -2.25. The highest BCUT2D eigenvalue weighted by Crippen LogP contribution is 2.27. The zero-order chi connectivity index (χ0) is 23.2. The number of aromatic nitrogens is 5. The summed E-state index contributed by atoms with van der Waals surface area (Å²) in [6.45, 7) is 3.39. The first-order chi connectivity index (χ1) is 16.8. The molecule has 0 aliphatic carbocycles. The van der Waals surface area contributed by atoms with Crippen LogP contribution in [0.3, 0.4) is 0 Å². The Morgan fingerprint density at radius 1 is 1.03 bits per heavy atom. The van der Waals surface area contributed by atoms with Crippen LogP contribution in [-0.4, -0.2) is 49.1 Å². The van der Waals surface area contributed by atoms with Gasteiger partial charge in [0.25, 0.3) is 0 Å². The van der Waals surface area contributed by atoms with Crippen molar-refractivity contribution in [3.63, 3.8) is 0 Å². The van der Waals surface area contributed by atoms with Crippen LogP contribution >= 0.6 is 0 Å². The van der Waals surface area contributed by atoms with E-state index in [0.29, 0.717) is 29.4 Å². The van der Waals surface area contributed by atoms with Crippen molar-refractivity contribution in [2.45, 2.75) is 32.1 Å². The summed E-state index contributed by atoms with van der Waals surface area (Å²) in [5.41, 5.74) is 2.67. The summed E-state index contributed by atoms with van der Waals surface area (Å²) >= 11 is 0. The van der Waals surface area contributed by atoms with E-state index in [1.807, 2.05) is 30.5 Å². The summed E-state index contributed by atoms with van der Waals surface area (Å²) < 4.78 is 16.1. The van der Waals surface area contributed by atoms with Gasteiger partial charge in [-0.1, -0.05) is 18.4 Å². The SMILES string of the molecule is Fc1cnccc1Nc1nc(-c2ccccn2)nn2ccc(CC#CCCN3CCCCC3)c12. The van der Waals surface area contributed by atoms with E-state index in [2.05, 4.69) is 37.1 Å². The molecular formula is C26H26FN7. The number of anilines is 2. The van der Waals surface area contributed by atoms with E-state index in [0.717, 1.165) is 24.0 Å². The van der Waals surface area contributed by atoms with Crippen molar-refractivity contribution in [3.05, 3.63) is 66.5 Å². The monoisotopic (exact) mass is 455 g/mol. The molecule has 34 heavy (non-hydrogen) atoms. The summed E-state index contributed by atoms with van der Waals surface area (Å²) in [4.78, 5) is 15.4. The van der Waals surface area contributed by atoms with E-state index in [1.165, 1.54) is 44.7 Å². The fraction of sp³-hybridized carbons (Fsp3) is 0.308. The highest BCUT2D eigenvalue weighted by atomic mass is 19.1. The van der Waals surface area contributed by atoms with Crippen molar-refractivity contribution < 1.29 is 4.39 Å². The van der Waals surface area contributed by atoms with Gasteiger partial charge in [-0.15, -0.1) is 11.0 Å². The fourth-order valence-corrected chi connectivity index (χ4v) is 4.17. The maximum atomic E-state index is 14.4. The molecule has 1 N–H and O–H groups in total. The van der Waals surface area contributed by atoms with E-state index < -0.39 is 5.82 Å². The third kappa shape index (κ3) is 5.05. The molecule has 0 unspecified atom stereocenters. The number of halogens is 1. The van der Waals surface area contributed by atoms with E-state index in [9.17, 15) is 4.39 Å². The molecule has 1 aliphatic heterocycles. The highest BCUT2D eigenvalue weighted by molar-refractivity contribution is 5.78. The van der Waals surface area contributed by atoms with Gasteiger partial charge in [-0.3, -0.25) is 9.97 Å². The van der Waals surface area contributed by atoms with Gasteiger partial charge >= 0.3 is 0 Å². The molecule has 0 spiro atoms. The van der Waals surface area contributed by atoms with Crippen LogP contribution in [0, 0.1) is 17.7 Å². The van der Waals surface area contributed by atoms with Gasteiger partial charge in [0.15, 0.2) is 11.6 Å². The van der Waals surface area contributed by atoms with Gasteiger partial charge < -0.3 is 10.2 Å². The number of rotatable bonds is 6. The molecule has 1 fully saturated rings. The normalized spacial score (nSPS) is 14.0. The van der Waals surface area contributed by atoms with Gasteiger partial charge in [-0.25, -0.2) is 13.9 Å². The predicted octanol–water partition coefficient (Wildman–Crippen LogP) is 4.49. The summed E-state index contributed by atoms with van der Waals surface area (Å²) in [5.74, 6) is 7.10. The van der Waals surface area contributed by atoms with E-state index >= 15 is 0 Å².